The molecule has 6 heteroatoms. The van der Waals surface area contributed by atoms with E-state index in [1.807, 2.05) is 0 Å². The molecule has 0 aromatic rings. The summed E-state index contributed by atoms with van der Waals surface area (Å²) in [6.45, 7) is 6.43. The predicted molar refractivity (Wildman–Crippen MR) is 362 cm³/mol. The molecular formula is C77H130O6. The Bertz CT molecular complexity index is 1700. The van der Waals surface area contributed by atoms with Crippen LogP contribution in [-0.4, -0.2) is 37.2 Å². The second-order valence-corrected chi connectivity index (χ2v) is 23.0. The van der Waals surface area contributed by atoms with Crippen LogP contribution in [0.15, 0.2) is 122 Å². The van der Waals surface area contributed by atoms with Crippen LogP contribution in [0.25, 0.3) is 0 Å². The second kappa shape index (κ2) is 70.3. The first-order valence-electron chi connectivity index (χ1n) is 35.0. The molecule has 474 valence electrons. The van der Waals surface area contributed by atoms with Gasteiger partial charge in [0.15, 0.2) is 6.10 Å². The molecule has 0 fully saturated rings. The topological polar surface area (TPSA) is 78.9 Å². The molecule has 1 unspecified atom stereocenters. The number of unbranched alkanes of at least 4 members (excludes halogenated alkanes) is 32. The zero-order valence-corrected chi connectivity index (χ0v) is 54.4. The van der Waals surface area contributed by atoms with E-state index in [1.54, 1.807) is 0 Å². The van der Waals surface area contributed by atoms with Crippen molar-refractivity contribution in [1.82, 2.24) is 0 Å². The Morgan fingerprint density at radius 1 is 0.253 bits per heavy atom. The fourth-order valence-electron chi connectivity index (χ4n) is 9.79. The number of carbonyl (C=O) groups excluding carboxylic acids is 3. The van der Waals surface area contributed by atoms with E-state index >= 15 is 0 Å². The molecule has 6 nitrogen and oxygen atoms in total. The van der Waals surface area contributed by atoms with Crippen LogP contribution in [0.5, 0.6) is 0 Å². The lowest BCUT2D eigenvalue weighted by atomic mass is 10.0. The van der Waals surface area contributed by atoms with Crippen molar-refractivity contribution in [3.05, 3.63) is 122 Å². The second-order valence-electron chi connectivity index (χ2n) is 23.0. The number of hydrogen-bond donors (Lipinski definition) is 0. The van der Waals surface area contributed by atoms with Crippen LogP contribution >= 0.6 is 0 Å². The van der Waals surface area contributed by atoms with Gasteiger partial charge in [0.2, 0.25) is 0 Å². The highest BCUT2D eigenvalue weighted by atomic mass is 16.6. The Morgan fingerprint density at radius 3 is 0.735 bits per heavy atom. The largest absolute Gasteiger partial charge is 0.462 e. The van der Waals surface area contributed by atoms with E-state index in [0.717, 1.165) is 135 Å². The molecule has 0 aliphatic carbocycles. The van der Waals surface area contributed by atoms with Crippen LogP contribution < -0.4 is 0 Å². The maximum atomic E-state index is 12.9. The zero-order valence-electron chi connectivity index (χ0n) is 54.4. The van der Waals surface area contributed by atoms with Gasteiger partial charge >= 0.3 is 17.9 Å². The molecule has 0 radical (unpaired) electrons. The molecule has 0 aliphatic rings. The fraction of sp³-hybridized carbons (Fsp3) is 0.701. The van der Waals surface area contributed by atoms with Crippen molar-refractivity contribution in [2.24, 2.45) is 0 Å². The van der Waals surface area contributed by atoms with E-state index in [4.69, 9.17) is 14.2 Å². The first-order valence-corrected chi connectivity index (χ1v) is 35.0. The minimum absolute atomic E-state index is 0.0855. The molecule has 0 saturated heterocycles. The van der Waals surface area contributed by atoms with E-state index < -0.39 is 6.10 Å². The van der Waals surface area contributed by atoms with Crippen molar-refractivity contribution < 1.29 is 28.6 Å². The van der Waals surface area contributed by atoms with Crippen LogP contribution in [0.2, 0.25) is 0 Å². The Morgan fingerprint density at radius 2 is 0.470 bits per heavy atom. The molecule has 0 bridgehead atoms. The van der Waals surface area contributed by atoms with Crippen LogP contribution in [0.1, 0.15) is 329 Å². The fourth-order valence-corrected chi connectivity index (χ4v) is 9.79. The third kappa shape index (κ3) is 68.5. The number of carbonyl (C=O) groups is 3. The average Bonchev–Trinajstić information content (AvgIpc) is 3.49. The smallest absolute Gasteiger partial charge is 0.306 e. The van der Waals surface area contributed by atoms with Crippen molar-refractivity contribution in [1.29, 1.82) is 0 Å². The number of rotatable bonds is 63. The van der Waals surface area contributed by atoms with Gasteiger partial charge in [-0.15, -0.1) is 0 Å². The third-order valence-corrected chi connectivity index (χ3v) is 15.0. The molecule has 0 amide bonds. The molecule has 0 N–H and O–H groups in total. The highest BCUT2D eigenvalue weighted by Gasteiger charge is 2.19. The summed E-state index contributed by atoms with van der Waals surface area (Å²) < 4.78 is 17.0. The van der Waals surface area contributed by atoms with E-state index in [2.05, 4.69) is 142 Å². The average molecular weight is 1150 g/mol. The standard InChI is InChI=1S/C77H130O6/c1-4-7-10-13-16-19-22-25-28-30-31-32-33-34-35-36-37-38-39-40-41-42-43-44-45-47-49-52-55-58-61-64-67-70-76(79)82-73-74(72-81-75(78)69-66-63-60-57-54-51-48-27-24-21-18-15-12-9-6-3)83-77(80)71-68-65-62-59-56-53-50-46-29-26-23-20-17-14-11-8-5-2/h7-8,10-11,16-17,19-20,25-26,28-29,31-32,34-35,37-38,50,53,74H,4-6,9,12-15,18,21-24,27,30,33,36,39-49,51-52,54-73H2,1-3H3/b10-7-,11-8-,19-16-,20-17-,28-25-,29-26-,32-31-,35-34-,38-37-,53-50-. The van der Waals surface area contributed by atoms with Crippen LogP contribution in [-0.2, 0) is 28.6 Å². The molecule has 0 heterocycles. The molecule has 1 atom stereocenters. The molecule has 0 aromatic carbocycles. The lowest BCUT2D eigenvalue weighted by molar-refractivity contribution is -0.167. The van der Waals surface area contributed by atoms with Gasteiger partial charge in [0, 0.05) is 19.3 Å². The van der Waals surface area contributed by atoms with Crippen molar-refractivity contribution in [3.8, 4) is 0 Å². The van der Waals surface area contributed by atoms with Gasteiger partial charge in [0.05, 0.1) is 0 Å². The van der Waals surface area contributed by atoms with E-state index in [-0.39, 0.29) is 31.1 Å². The van der Waals surface area contributed by atoms with Crippen LogP contribution in [0, 0.1) is 0 Å². The molecule has 0 saturated carbocycles. The zero-order chi connectivity index (χ0) is 59.9. The maximum Gasteiger partial charge on any atom is 0.306 e. The SMILES string of the molecule is CC/C=C\C/C=C\C/C=C\C/C=C\C/C=C\C/C=C\CCCCCCCCCCCCCCCCC(=O)OCC(COC(=O)CCCCCCCCCCCCCCCCC)OC(=O)CCCCCC/C=C\C/C=C\C/C=C\C/C=C\CC. The summed E-state index contributed by atoms with van der Waals surface area (Å²) in [6.07, 6.45) is 97.9. The van der Waals surface area contributed by atoms with Crippen molar-refractivity contribution >= 4 is 17.9 Å². The highest BCUT2D eigenvalue weighted by Crippen LogP contribution is 2.17. The Hall–Kier alpha value is -4.19. The quantitative estimate of drug-likeness (QED) is 0.0261. The van der Waals surface area contributed by atoms with Gasteiger partial charge in [-0.05, 0) is 109 Å². The van der Waals surface area contributed by atoms with Gasteiger partial charge in [0.1, 0.15) is 13.2 Å². The highest BCUT2D eigenvalue weighted by molar-refractivity contribution is 5.71. The minimum Gasteiger partial charge on any atom is -0.462 e. The summed E-state index contributed by atoms with van der Waals surface area (Å²) in [4.78, 5) is 38.4. The summed E-state index contributed by atoms with van der Waals surface area (Å²) in [7, 11) is 0. The number of esters is 3. The maximum absolute atomic E-state index is 12.9. The van der Waals surface area contributed by atoms with Gasteiger partial charge in [0.25, 0.3) is 0 Å². The van der Waals surface area contributed by atoms with Crippen LogP contribution in [0.3, 0.4) is 0 Å². The molecular weight excluding hydrogens is 1020 g/mol. The molecule has 0 aromatic heterocycles. The minimum atomic E-state index is -0.792. The summed E-state index contributed by atoms with van der Waals surface area (Å²) in [6, 6.07) is 0. The van der Waals surface area contributed by atoms with Gasteiger partial charge in [-0.3, -0.25) is 14.4 Å². The number of allylic oxidation sites excluding steroid dienone is 20. The lowest BCUT2D eigenvalue weighted by Gasteiger charge is -2.18. The summed E-state index contributed by atoms with van der Waals surface area (Å²) in [5.74, 6) is -0.897. The van der Waals surface area contributed by atoms with E-state index in [0.29, 0.717) is 19.3 Å². The molecule has 0 rings (SSSR count). The van der Waals surface area contributed by atoms with Gasteiger partial charge in [-0.2, -0.15) is 0 Å². The van der Waals surface area contributed by atoms with E-state index in [1.165, 1.54) is 154 Å². The summed E-state index contributed by atoms with van der Waals surface area (Å²) in [5.41, 5.74) is 0. The van der Waals surface area contributed by atoms with Crippen LogP contribution in [0.4, 0.5) is 0 Å². The monoisotopic (exact) mass is 1150 g/mol. The third-order valence-electron chi connectivity index (χ3n) is 15.0. The molecule has 0 aliphatic heterocycles. The number of ether oxygens (including phenoxy) is 3. The van der Waals surface area contributed by atoms with Gasteiger partial charge in [-0.25, -0.2) is 0 Å². The van der Waals surface area contributed by atoms with Crippen molar-refractivity contribution in [3.63, 3.8) is 0 Å². The Labute approximate surface area is 513 Å². The normalized spacial score (nSPS) is 12.9. The first-order chi connectivity index (χ1) is 41.0. The Balaban J connectivity index is 4.25. The first kappa shape index (κ1) is 78.8. The van der Waals surface area contributed by atoms with Gasteiger partial charge < -0.3 is 14.2 Å². The van der Waals surface area contributed by atoms with Gasteiger partial charge in [-0.1, -0.05) is 322 Å². The molecule has 0 spiro atoms. The summed E-state index contributed by atoms with van der Waals surface area (Å²) in [5, 5.41) is 0. The Kier molecular flexibility index (Phi) is 66.7. The van der Waals surface area contributed by atoms with E-state index in [9.17, 15) is 14.4 Å². The van der Waals surface area contributed by atoms with Crippen molar-refractivity contribution in [2.45, 2.75) is 335 Å². The predicted octanol–water partition coefficient (Wildman–Crippen LogP) is 24.3. The van der Waals surface area contributed by atoms with Crippen molar-refractivity contribution in [2.75, 3.05) is 13.2 Å². The number of hydrogen-bond acceptors (Lipinski definition) is 6. The summed E-state index contributed by atoms with van der Waals surface area (Å²) >= 11 is 0. The molecule has 83 heavy (non-hydrogen) atoms. The lowest BCUT2D eigenvalue weighted by Crippen LogP contribution is -2.30.